The zero-order valence-electron chi connectivity index (χ0n) is 10.7. The largest absolute Gasteiger partial charge is 0.497 e. The highest BCUT2D eigenvalue weighted by atomic mass is 16.5. The summed E-state index contributed by atoms with van der Waals surface area (Å²) < 4.78 is 5.09. The highest BCUT2D eigenvalue weighted by Gasteiger charge is 2.16. The summed E-state index contributed by atoms with van der Waals surface area (Å²) in [7, 11) is 1.59. The zero-order valence-corrected chi connectivity index (χ0v) is 10.7. The van der Waals surface area contributed by atoms with Gasteiger partial charge in [-0.3, -0.25) is 4.79 Å². The Hall–Kier alpha value is -1.77. The van der Waals surface area contributed by atoms with Gasteiger partial charge in [0, 0.05) is 17.3 Å². The molecule has 0 heterocycles. The molecule has 1 aliphatic rings. The van der Waals surface area contributed by atoms with Crippen LogP contribution in [0.25, 0.3) is 0 Å². The van der Waals surface area contributed by atoms with Crippen molar-refractivity contribution >= 4 is 11.5 Å². The second kappa shape index (κ2) is 5.71. The van der Waals surface area contributed by atoms with Crippen molar-refractivity contribution in [1.29, 1.82) is 0 Å². The van der Waals surface area contributed by atoms with Gasteiger partial charge in [-0.2, -0.15) is 0 Å². The average Bonchev–Trinajstić information content (AvgIpc) is 2.66. The summed E-state index contributed by atoms with van der Waals surface area (Å²) in [6.07, 6.45) is 7.40. The molecule has 18 heavy (non-hydrogen) atoms. The van der Waals surface area contributed by atoms with Gasteiger partial charge in [0.2, 0.25) is 0 Å². The highest BCUT2D eigenvalue weighted by Crippen LogP contribution is 2.25. The number of rotatable bonds is 3. The van der Waals surface area contributed by atoms with Gasteiger partial charge in [0.05, 0.1) is 7.11 Å². The van der Waals surface area contributed by atoms with Gasteiger partial charge in [-0.1, -0.05) is 12.5 Å². The molecule has 0 bridgehead atoms. The molecule has 1 aliphatic carbocycles. The quantitative estimate of drug-likeness (QED) is 0.656. The van der Waals surface area contributed by atoms with Crippen LogP contribution in [0.5, 0.6) is 5.75 Å². The number of benzene rings is 1. The smallest absolute Gasteiger partial charge is 0.190 e. The average molecular weight is 245 g/mol. The number of nitrogens with two attached hydrogens (primary N) is 1. The number of Topliss-reactive ketones (excluding diaryl/α,β-unsaturated/α-hetero) is 1. The summed E-state index contributed by atoms with van der Waals surface area (Å²) in [6, 6.07) is 5.23. The zero-order chi connectivity index (χ0) is 13.0. The first-order valence-electron chi connectivity index (χ1n) is 6.39. The van der Waals surface area contributed by atoms with Crippen molar-refractivity contribution in [2.24, 2.45) is 0 Å². The maximum Gasteiger partial charge on any atom is 0.190 e. The molecule has 2 N–H and O–H groups in total. The van der Waals surface area contributed by atoms with Crippen LogP contribution in [0, 0.1) is 0 Å². The number of carbonyl (C=O) groups is 1. The molecule has 0 amide bonds. The molecule has 1 aromatic rings. The van der Waals surface area contributed by atoms with Crippen molar-refractivity contribution in [1.82, 2.24) is 0 Å². The van der Waals surface area contributed by atoms with Crippen molar-refractivity contribution in [3.63, 3.8) is 0 Å². The molecular formula is C15H19NO2. The number of hydrogen-bond acceptors (Lipinski definition) is 3. The molecule has 0 fully saturated rings. The first-order valence-corrected chi connectivity index (χ1v) is 6.39. The molecule has 3 nitrogen and oxygen atoms in total. The number of carbonyl (C=O) groups excluding carboxylic acids is 1. The Labute approximate surface area is 108 Å². The van der Waals surface area contributed by atoms with Gasteiger partial charge in [0.15, 0.2) is 5.78 Å². The summed E-state index contributed by atoms with van der Waals surface area (Å²) in [5.41, 5.74) is 7.90. The van der Waals surface area contributed by atoms with Gasteiger partial charge in [-0.05, 0) is 43.4 Å². The Morgan fingerprint density at radius 2 is 2.11 bits per heavy atom. The van der Waals surface area contributed by atoms with Gasteiger partial charge in [0.25, 0.3) is 0 Å². The van der Waals surface area contributed by atoms with E-state index in [4.69, 9.17) is 10.5 Å². The van der Waals surface area contributed by atoms with Crippen LogP contribution in [-0.2, 0) is 0 Å². The second-order valence-electron chi connectivity index (χ2n) is 4.61. The molecule has 0 aliphatic heterocycles. The van der Waals surface area contributed by atoms with Gasteiger partial charge in [-0.15, -0.1) is 0 Å². The van der Waals surface area contributed by atoms with Crippen molar-refractivity contribution in [3.05, 3.63) is 35.4 Å². The molecule has 3 heteroatoms. The lowest BCUT2D eigenvalue weighted by atomic mass is 9.98. The van der Waals surface area contributed by atoms with E-state index in [9.17, 15) is 4.79 Å². The molecule has 1 aromatic carbocycles. The number of ketones is 1. The fourth-order valence-electron chi connectivity index (χ4n) is 2.27. The van der Waals surface area contributed by atoms with Crippen molar-refractivity contribution in [2.45, 2.75) is 32.1 Å². The predicted molar refractivity (Wildman–Crippen MR) is 72.9 cm³/mol. The van der Waals surface area contributed by atoms with Crippen LogP contribution < -0.4 is 10.5 Å². The first-order chi connectivity index (χ1) is 8.72. The third kappa shape index (κ3) is 2.73. The SMILES string of the molecule is COc1ccc(C(=O)C2=CCCCCC2)c(N)c1. The lowest BCUT2D eigenvalue weighted by Gasteiger charge is -2.09. The molecule has 0 saturated carbocycles. The number of anilines is 1. The summed E-state index contributed by atoms with van der Waals surface area (Å²) in [5.74, 6) is 0.746. The van der Waals surface area contributed by atoms with E-state index in [1.165, 1.54) is 12.8 Å². The molecule has 0 saturated heterocycles. The van der Waals surface area contributed by atoms with Crippen molar-refractivity contribution in [3.8, 4) is 5.75 Å². The fraction of sp³-hybridized carbons (Fsp3) is 0.400. The van der Waals surface area contributed by atoms with Gasteiger partial charge >= 0.3 is 0 Å². The van der Waals surface area contributed by atoms with E-state index in [0.29, 0.717) is 17.0 Å². The van der Waals surface area contributed by atoms with Gasteiger partial charge in [-0.25, -0.2) is 0 Å². The van der Waals surface area contributed by atoms with E-state index in [1.54, 1.807) is 25.3 Å². The molecule has 0 atom stereocenters. The monoisotopic (exact) mass is 245 g/mol. The molecule has 0 spiro atoms. The highest BCUT2D eigenvalue weighted by molar-refractivity contribution is 6.11. The minimum Gasteiger partial charge on any atom is -0.497 e. The Morgan fingerprint density at radius 1 is 1.28 bits per heavy atom. The number of ether oxygens (including phenoxy) is 1. The molecule has 0 unspecified atom stereocenters. The number of methoxy groups -OCH3 is 1. The van der Waals surface area contributed by atoms with Crippen LogP contribution in [0.1, 0.15) is 42.5 Å². The van der Waals surface area contributed by atoms with Gasteiger partial charge < -0.3 is 10.5 Å². The Morgan fingerprint density at radius 3 is 2.83 bits per heavy atom. The molecule has 2 rings (SSSR count). The molecule has 96 valence electrons. The van der Waals surface area contributed by atoms with E-state index in [0.717, 1.165) is 24.8 Å². The van der Waals surface area contributed by atoms with E-state index in [1.807, 2.05) is 0 Å². The van der Waals surface area contributed by atoms with Crippen LogP contribution in [0.4, 0.5) is 5.69 Å². The Balaban J connectivity index is 2.25. The van der Waals surface area contributed by atoms with Crippen molar-refractivity contribution in [2.75, 3.05) is 12.8 Å². The second-order valence-corrected chi connectivity index (χ2v) is 4.61. The topological polar surface area (TPSA) is 52.3 Å². The lowest BCUT2D eigenvalue weighted by molar-refractivity contribution is 0.103. The number of allylic oxidation sites excluding steroid dienone is 2. The van der Waals surface area contributed by atoms with Crippen LogP contribution >= 0.6 is 0 Å². The maximum absolute atomic E-state index is 12.4. The third-order valence-corrected chi connectivity index (χ3v) is 3.34. The van der Waals surface area contributed by atoms with Crippen LogP contribution in [0.3, 0.4) is 0 Å². The minimum atomic E-state index is 0.0667. The van der Waals surface area contributed by atoms with Crippen LogP contribution in [0.15, 0.2) is 29.8 Å². The van der Waals surface area contributed by atoms with E-state index >= 15 is 0 Å². The Kier molecular flexibility index (Phi) is 4.03. The standard InChI is InChI=1S/C15H19NO2/c1-18-12-8-9-13(14(16)10-12)15(17)11-6-4-2-3-5-7-11/h6,8-10H,2-5,7,16H2,1H3. The molecule has 0 radical (unpaired) electrons. The normalized spacial score (nSPS) is 15.7. The van der Waals surface area contributed by atoms with E-state index < -0.39 is 0 Å². The number of hydrogen-bond donors (Lipinski definition) is 1. The third-order valence-electron chi connectivity index (χ3n) is 3.34. The molecule has 0 aromatic heterocycles. The van der Waals surface area contributed by atoms with Crippen molar-refractivity contribution < 1.29 is 9.53 Å². The molecular weight excluding hydrogens is 226 g/mol. The lowest BCUT2D eigenvalue weighted by Crippen LogP contribution is -2.07. The van der Waals surface area contributed by atoms with E-state index in [2.05, 4.69) is 6.08 Å². The maximum atomic E-state index is 12.4. The fourth-order valence-corrected chi connectivity index (χ4v) is 2.27. The summed E-state index contributed by atoms with van der Waals surface area (Å²) in [5, 5.41) is 0. The summed E-state index contributed by atoms with van der Waals surface area (Å²) >= 11 is 0. The minimum absolute atomic E-state index is 0.0667. The van der Waals surface area contributed by atoms with Gasteiger partial charge in [0.1, 0.15) is 5.75 Å². The first kappa shape index (κ1) is 12.7. The van der Waals surface area contributed by atoms with Crippen LogP contribution in [-0.4, -0.2) is 12.9 Å². The van der Waals surface area contributed by atoms with E-state index in [-0.39, 0.29) is 5.78 Å². The Bertz CT molecular complexity index is 477. The summed E-state index contributed by atoms with van der Waals surface area (Å²) in [4.78, 5) is 12.4. The summed E-state index contributed by atoms with van der Waals surface area (Å²) in [6.45, 7) is 0. The van der Waals surface area contributed by atoms with Crippen LogP contribution in [0.2, 0.25) is 0 Å². The predicted octanol–water partition coefficient (Wildman–Crippen LogP) is 3.35. The number of nitrogen functional groups attached to an aromatic ring is 1.